The zero-order chi connectivity index (χ0) is 25.8. The van der Waals surface area contributed by atoms with Crippen LogP contribution in [-0.2, 0) is 35.6 Å². The van der Waals surface area contributed by atoms with Crippen molar-refractivity contribution >= 4 is 33.8 Å². The number of sulfonamides is 1. The lowest BCUT2D eigenvalue weighted by Crippen LogP contribution is -2.57. The second kappa shape index (κ2) is 10.7. The van der Waals surface area contributed by atoms with Crippen LogP contribution in [0.2, 0.25) is 0 Å². The smallest absolute Gasteiger partial charge is 0.417 e. The number of nitrogens with zero attached hydrogens (tertiary/aromatic N) is 1. The Morgan fingerprint density at radius 2 is 1.74 bits per heavy atom. The highest BCUT2D eigenvalue weighted by molar-refractivity contribution is 7.89. The molecule has 0 spiro atoms. The largest absolute Gasteiger partial charge is 0.446 e. The van der Waals surface area contributed by atoms with Gasteiger partial charge in [-0.15, -0.1) is 0 Å². The molecule has 35 heavy (non-hydrogen) atoms. The summed E-state index contributed by atoms with van der Waals surface area (Å²) in [6.45, 7) is 2.59. The molecule has 1 saturated heterocycles. The van der Waals surface area contributed by atoms with Crippen LogP contribution in [0.4, 0.5) is 4.79 Å². The third-order valence-corrected chi connectivity index (χ3v) is 6.95. The van der Waals surface area contributed by atoms with E-state index in [0.29, 0.717) is 4.90 Å². The van der Waals surface area contributed by atoms with E-state index in [1.807, 2.05) is 0 Å². The lowest BCUT2D eigenvalue weighted by atomic mass is 10.0. The third kappa shape index (κ3) is 6.22. The van der Waals surface area contributed by atoms with Crippen molar-refractivity contribution in [3.8, 4) is 0 Å². The van der Waals surface area contributed by atoms with Gasteiger partial charge in [0.25, 0.3) is 5.91 Å². The van der Waals surface area contributed by atoms with Gasteiger partial charge in [-0.1, -0.05) is 48.0 Å². The number of hydrogen-bond donors (Lipinski definition) is 3. The highest BCUT2D eigenvalue weighted by Crippen LogP contribution is 2.17. The molecule has 0 saturated carbocycles. The van der Waals surface area contributed by atoms with E-state index in [1.54, 1.807) is 49.4 Å². The van der Waals surface area contributed by atoms with Gasteiger partial charge in [0.2, 0.25) is 21.8 Å². The Hall–Kier alpha value is -3.77. The third-order valence-electron chi connectivity index (χ3n) is 5.39. The van der Waals surface area contributed by atoms with Crippen LogP contribution in [0.25, 0.3) is 0 Å². The van der Waals surface area contributed by atoms with Gasteiger partial charge in [0.15, 0.2) is 6.04 Å². The van der Waals surface area contributed by atoms with Crippen LogP contribution in [0.5, 0.6) is 0 Å². The lowest BCUT2D eigenvalue weighted by Gasteiger charge is -2.24. The number of ether oxygens (including phenoxy) is 1. The van der Waals surface area contributed by atoms with Gasteiger partial charge in [-0.05, 0) is 31.5 Å². The molecule has 1 heterocycles. The molecular formula is C23H26N4O7S. The Kier molecular flexibility index (Phi) is 7.87. The van der Waals surface area contributed by atoms with E-state index in [-0.39, 0.29) is 11.3 Å². The SMILES string of the molecule is Cc1ccc(S(=O)(=O)N[C@@H](C)C(=O)N2C(=O)OCC2C(=O)N[C@@H](Cc2ccccc2)C(N)=O)cc1. The normalized spacial score (nSPS) is 17.4. The monoisotopic (exact) mass is 502 g/mol. The fourth-order valence-electron chi connectivity index (χ4n) is 3.48. The summed E-state index contributed by atoms with van der Waals surface area (Å²) in [5.41, 5.74) is 7.01. The molecule has 0 aliphatic carbocycles. The number of primary amides is 1. The summed E-state index contributed by atoms with van der Waals surface area (Å²) in [6.07, 6.45) is -1.00. The van der Waals surface area contributed by atoms with Gasteiger partial charge in [0.05, 0.1) is 10.9 Å². The van der Waals surface area contributed by atoms with Gasteiger partial charge in [-0.3, -0.25) is 14.4 Å². The zero-order valence-electron chi connectivity index (χ0n) is 19.1. The van der Waals surface area contributed by atoms with E-state index in [2.05, 4.69) is 10.0 Å². The quantitative estimate of drug-likeness (QED) is 0.441. The van der Waals surface area contributed by atoms with E-state index in [0.717, 1.165) is 11.1 Å². The first-order chi connectivity index (χ1) is 16.5. The number of rotatable bonds is 9. The van der Waals surface area contributed by atoms with Crippen molar-refractivity contribution < 1.29 is 32.3 Å². The number of amides is 4. The van der Waals surface area contributed by atoms with E-state index in [9.17, 15) is 27.6 Å². The number of imide groups is 1. The topological polar surface area (TPSA) is 165 Å². The fourth-order valence-corrected chi connectivity index (χ4v) is 4.67. The molecule has 2 aromatic carbocycles. The van der Waals surface area contributed by atoms with Gasteiger partial charge in [-0.2, -0.15) is 4.72 Å². The zero-order valence-corrected chi connectivity index (χ0v) is 19.9. The molecule has 2 aromatic rings. The molecule has 12 heteroatoms. The molecule has 0 aromatic heterocycles. The number of benzene rings is 2. The van der Waals surface area contributed by atoms with Gasteiger partial charge in [0, 0.05) is 6.42 Å². The molecule has 0 bridgehead atoms. The summed E-state index contributed by atoms with van der Waals surface area (Å²) in [7, 11) is -4.08. The van der Waals surface area contributed by atoms with Crippen LogP contribution in [-0.4, -0.2) is 61.9 Å². The number of carbonyl (C=O) groups is 4. The van der Waals surface area contributed by atoms with Crippen molar-refractivity contribution in [2.45, 2.75) is 43.3 Å². The first-order valence-corrected chi connectivity index (χ1v) is 12.2. The second-order valence-corrected chi connectivity index (χ2v) is 9.82. The van der Waals surface area contributed by atoms with Crippen molar-refractivity contribution in [2.75, 3.05) is 6.61 Å². The molecular weight excluding hydrogens is 476 g/mol. The molecule has 1 unspecified atom stereocenters. The number of cyclic esters (lactones) is 1. The van der Waals surface area contributed by atoms with Crippen LogP contribution in [0.1, 0.15) is 18.1 Å². The van der Waals surface area contributed by atoms with Crippen LogP contribution in [0.15, 0.2) is 59.5 Å². The second-order valence-electron chi connectivity index (χ2n) is 8.11. The summed E-state index contributed by atoms with van der Waals surface area (Å²) in [4.78, 5) is 50.5. The van der Waals surface area contributed by atoms with E-state index in [4.69, 9.17) is 10.5 Å². The molecule has 3 atom stereocenters. The Morgan fingerprint density at radius 3 is 2.34 bits per heavy atom. The Balaban J connectivity index is 1.72. The number of aryl methyl sites for hydroxylation is 1. The van der Waals surface area contributed by atoms with Crippen molar-refractivity contribution in [3.05, 3.63) is 65.7 Å². The predicted molar refractivity (Wildman–Crippen MR) is 124 cm³/mol. The average molecular weight is 503 g/mol. The summed E-state index contributed by atoms with van der Waals surface area (Å²) in [6, 6.07) is 10.9. The van der Waals surface area contributed by atoms with Crippen molar-refractivity contribution in [1.29, 1.82) is 0 Å². The predicted octanol–water partition coefficient (Wildman–Crippen LogP) is 0.222. The maximum absolute atomic E-state index is 13.0. The molecule has 1 aliphatic rings. The highest BCUT2D eigenvalue weighted by Gasteiger charge is 2.45. The number of nitrogens with one attached hydrogen (secondary N) is 2. The van der Waals surface area contributed by atoms with Crippen LogP contribution >= 0.6 is 0 Å². The summed E-state index contributed by atoms with van der Waals surface area (Å²) in [5.74, 6) is -2.62. The minimum Gasteiger partial charge on any atom is -0.446 e. The molecule has 3 rings (SSSR count). The first-order valence-electron chi connectivity index (χ1n) is 10.7. The van der Waals surface area contributed by atoms with Crippen molar-refractivity contribution in [1.82, 2.24) is 14.9 Å². The number of hydrogen-bond acceptors (Lipinski definition) is 7. The van der Waals surface area contributed by atoms with Crippen LogP contribution in [0.3, 0.4) is 0 Å². The van der Waals surface area contributed by atoms with Gasteiger partial charge in [-0.25, -0.2) is 18.1 Å². The minimum atomic E-state index is -4.08. The molecule has 4 N–H and O–H groups in total. The lowest BCUT2D eigenvalue weighted by molar-refractivity contribution is -0.137. The Morgan fingerprint density at radius 1 is 1.11 bits per heavy atom. The molecule has 0 radical (unpaired) electrons. The summed E-state index contributed by atoms with van der Waals surface area (Å²) < 4.78 is 32.3. The standard InChI is InChI=1S/C23H26N4O7S/c1-14-8-10-17(11-9-14)35(32,33)26-15(2)22(30)27-19(13-34-23(27)31)21(29)25-18(20(24)28)12-16-6-4-3-5-7-16/h3-11,15,18-19,26H,12-13H2,1-2H3,(H2,24,28)(H,25,29)/t15-,18-,19?/m0/s1. The fraction of sp³-hybridized carbons (Fsp3) is 0.304. The molecule has 186 valence electrons. The molecule has 1 aliphatic heterocycles. The van der Waals surface area contributed by atoms with E-state index in [1.165, 1.54) is 19.1 Å². The van der Waals surface area contributed by atoms with Gasteiger partial charge < -0.3 is 15.8 Å². The first kappa shape index (κ1) is 25.8. The van der Waals surface area contributed by atoms with E-state index >= 15 is 0 Å². The maximum atomic E-state index is 13.0. The van der Waals surface area contributed by atoms with Gasteiger partial charge in [0.1, 0.15) is 12.6 Å². The number of carbonyl (C=O) groups excluding carboxylic acids is 4. The minimum absolute atomic E-state index is 0.0637. The van der Waals surface area contributed by atoms with Crippen LogP contribution < -0.4 is 15.8 Å². The Bertz CT molecular complexity index is 1220. The molecule has 4 amide bonds. The summed E-state index contributed by atoms with van der Waals surface area (Å²) >= 11 is 0. The molecule has 1 fully saturated rings. The number of nitrogens with two attached hydrogens (primary N) is 1. The molecule has 11 nitrogen and oxygen atoms in total. The highest BCUT2D eigenvalue weighted by atomic mass is 32.2. The summed E-state index contributed by atoms with van der Waals surface area (Å²) in [5, 5.41) is 2.45. The van der Waals surface area contributed by atoms with Gasteiger partial charge >= 0.3 is 6.09 Å². The average Bonchev–Trinajstić information content (AvgIpc) is 3.20. The Labute approximate surface area is 202 Å². The van der Waals surface area contributed by atoms with E-state index < -0.39 is 58.6 Å². The van der Waals surface area contributed by atoms with Crippen molar-refractivity contribution in [2.24, 2.45) is 5.73 Å². The van der Waals surface area contributed by atoms with Crippen LogP contribution in [0, 0.1) is 6.92 Å². The van der Waals surface area contributed by atoms with Crippen molar-refractivity contribution in [3.63, 3.8) is 0 Å². The maximum Gasteiger partial charge on any atom is 0.417 e.